The summed E-state index contributed by atoms with van der Waals surface area (Å²) in [7, 11) is 0. The van der Waals surface area contributed by atoms with Gasteiger partial charge in [0.2, 0.25) is 0 Å². The highest BCUT2D eigenvalue weighted by atomic mass is 16.6. The lowest BCUT2D eigenvalue weighted by molar-refractivity contribution is -0.166. The first-order valence-corrected chi connectivity index (χ1v) is 5.23. The van der Waals surface area contributed by atoms with Gasteiger partial charge in [-0.05, 0) is 31.5 Å². The molecule has 0 bridgehead atoms. The van der Waals surface area contributed by atoms with Crippen LogP contribution in [0.4, 0.5) is 4.79 Å². The van der Waals surface area contributed by atoms with Gasteiger partial charge in [-0.1, -0.05) is 12.1 Å². The van der Waals surface area contributed by atoms with E-state index in [0.29, 0.717) is 6.54 Å². The number of ether oxygens (including phenoxy) is 1. The molecule has 1 saturated heterocycles. The molecule has 5 nitrogen and oxygen atoms in total. The van der Waals surface area contributed by atoms with E-state index < -0.39 is 11.7 Å². The highest BCUT2D eigenvalue weighted by molar-refractivity contribution is 5.87. The predicted molar refractivity (Wildman–Crippen MR) is 59.5 cm³/mol. The summed E-state index contributed by atoms with van der Waals surface area (Å²) < 4.78 is 4.97. The predicted octanol–water partition coefficient (Wildman–Crippen LogP) is 2.07. The second-order valence-electron chi connectivity index (χ2n) is 4.40. The van der Waals surface area contributed by atoms with Crippen LogP contribution >= 0.6 is 0 Å². The molecule has 0 atom stereocenters. The Labute approximate surface area is 98.6 Å². The highest BCUT2D eigenvalue weighted by Gasteiger charge is 2.45. The Kier molecular flexibility index (Phi) is 2.53. The lowest BCUT2D eigenvalue weighted by Gasteiger charge is -2.46. The van der Waals surface area contributed by atoms with Crippen LogP contribution in [0.3, 0.4) is 0 Å². The van der Waals surface area contributed by atoms with Crippen LogP contribution in [0, 0.1) is 0 Å². The van der Waals surface area contributed by atoms with Crippen LogP contribution in [-0.2, 0) is 11.3 Å². The van der Waals surface area contributed by atoms with Gasteiger partial charge in [0.15, 0.2) is 5.72 Å². The van der Waals surface area contributed by atoms with Crippen molar-refractivity contribution in [1.82, 2.24) is 4.90 Å². The molecule has 0 aromatic heterocycles. The number of carbonyl (C=O) groups is 2. The average Bonchev–Trinajstić information content (AvgIpc) is 2.26. The highest BCUT2D eigenvalue weighted by Crippen LogP contribution is 2.30. The lowest BCUT2D eigenvalue weighted by Crippen LogP contribution is -2.61. The van der Waals surface area contributed by atoms with Gasteiger partial charge in [-0.15, -0.1) is 0 Å². The van der Waals surface area contributed by atoms with E-state index in [-0.39, 0.29) is 11.7 Å². The van der Waals surface area contributed by atoms with Gasteiger partial charge in [0.25, 0.3) is 0 Å². The van der Waals surface area contributed by atoms with E-state index in [4.69, 9.17) is 9.84 Å². The van der Waals surface area contributed by atoms with Crippen molar-refractivity contribution in [2.24, 2.45) is 0 Å². The summed E-state index contributed by atoms with van der Waals surface area (Å²) in [5, 5.41) is 8.76. The van der Waals surface area contributed by atoms with Gasteiger partial charge < -0.3 is 9.84 Å². The van der Waals surface area contributed by atoms with Gasteiger partial charge in [0.1, 0.15) is 0 Å². The molecule has 0 aliphatic carbocycles. The van der Waals surface area contributed by atoms with Crippen LogP contribution in [0.1, 0.15) is 29.8 Å². The molecule has 1 aliphatic heterocycles. The van der Waals surface area contributed by atoms with Gasteiger partial charge in [0.05, 0.1) is 12.1 Å². The molecule has 0 spiro atoms. The monoisotopic (exact) mass is 235 g/mol. The van der Waals surface area contributed by atoms with Crippen molar-refractivity contribution in [1.29, 1.82) is 0 Å². The number of carboxylic acid groups (broad SMARTS) is 1. The summed E-state index contributed by atoms with van der Waals surface area (Å²) in [6.07, 6.45) is -0.350. The summed E-state index contributed by atoms with van der Waals surface area (Å²) in [5.74, 6) is -0.958. The number of nitrogens with zero attached hydrogens (tertiary/aromatic N) is 1. The summed E-state index contributed by atoms with van der Waals surface area (Å²) >= 11 is 0. The number of aromatic carboxylic acids is 1. The van der Waals surface area contributed by atoms with Crippen LogP contribution in [-0.4, -0.2) is 27.8 Å². The second kappa shape index (κ2) is 3.76. The average molecular weight is 235 g/mol. The molecule has 2 rings (SSSR count). The molecule has 17 heavy (non-hydrogen) atoms. The van der Waals surface area contributed by atoms with Gasteiger partial charge in [-0.3, -0.25) is 4.90 Å². The van der Waals surface area contributed by atoms with Crippen molar-refractivity contribution in [2.45, 2.75) is 26.1 Å². The van der Waals surface area contributed by atoms with E-state index in [2.05, 4.69) is 0 Å². The fourth-order valence-electron chi connectivity index (χ4n) is 1.69. The number of amides is 1. The SMILES string of the molecule is CC1(C)OC(=O)N1Cc1ccc(C(=O)O)cc1. The third-order valence-corrected chi connectivity index (χ3v) is 2.75. The zero-order valence-electron chi connectivity index (χ0n) is 9.64. The minimum atomic E-state index is -0.958. The first-order valence-electron chi connectivity index (χ1n) is 5.23. The Balaban J connectivity index is 2.09. The molecule has 90 valence electrons. The number of hydrogen-bond acceptors (Lipinski definition) is 3. The Morgan fingerprint density at radius 2 is 1.94 bits per heavy atom. The molecule has 1 aromatic rings. The second-order valence-corrected chi connectivity index (χ2v) is 4.40. The van der Waals surface area contributed by atoms with Crippen LogP contribution in [0.2, 0.25) is 0 Å². The Morgan fingerprint density at radius 3 is 2.35 bits per heavy atom. The first-order chi connectivity index (χ1) is 7.90. The van der Waals surface area contributed by atoms with Gasteiger partial charge in [-0.25, -0.2) is 9.59 Å². The molecule has 1 aromatic carbocycles. The summed E-state index contributed by atoms with van der Waals surface area (Å²) in [4.78, 5) is 23.5. The standard InChI is InChI=1S/C12H13NO4/c1-12(2)13(11(16)17-12)7-8-3-5-9(6-4-8)10(14)15/h3-6H,7H2,1-2H3,(H,14,15). The maximum absolute atomic E-state index is 11.2. The topological polar surface area (TPSA) is 66.8 Å². The molecule has 1 amide bonds. The van der Waals surface area contributed by atoms with Crippen LogP contribution in [0.15, 0.2) is 24.3 Å². The number of hydrogen-bond donors (Lipinski definition) is 1. The zero-order valence-corrected chi connectivity index (χ0v) is 9.64. The molecule has 1 heterocycles. The third kappa shape index (κ3) is 2.08. The van der Waals surface area contributed by atoms with E-state index in [0.717, 1.165) is 5.56 Å². The quantitative estimate of drug-likeness (QED) is 0.870. The first kappa shape index (κ1) is 11.4. The molecule has 5 heteroatoms. The minimum absolute atomic E-state index is 0.235. The number of carboxylic acids is 1. The van der Waals surface area contributed by atoms with Crippen LogP contribution in [0.25, 0.3) is 0 Å². The molecule has 0 saturated carbocycles. The number of benzene rings is 1. The Bertz CT molecular complexity index is 464. The maximum atomic E-state index is 11.2. The molecule has 1 aliphatic rings. The minimum Gasteiger partial charge on any atom is -0.478 e. The van der Waals surface area contributed by atoms with E-state index in [9.17, 15) is 9.59 Å². The van der Waals surface area contributed by atoms with Gasteiger partial charge in [-0.2, -0.15) is 0 Å². The Morgan fingerprint density at radius 1 is 1.35 bits per heavy atom. The van der Waals surface area contributed by atoms with Crippen molar-refractivity contribution in [3.05, 3.63) is 35.4 Å². The number of carbonyl (C=O) groups excluding carboxylic acids is 1. The fourth-order valence-corrected chi connectivity index (χ4v) is 1.69. The fraction of sp³-hybridized carbons (Fsp3) is 0.333. The molecule has 0 unspecified atom stereocenters. The van der Waals surface area contributed by atoms with E-state index >= 15 is 0 Å². The molecular formula is C12H13NO4. The molecule has 1 fully saturated rings. The smallest absolute Gasteiger partial charge is 0.415 e. The lowest BCUT2D eigenvalue weighted by atomic mass is 10.1. The van der Waals surface area contributed by atoms with Crippen molar-refractivity contribution in [2.75, 3.05) is 0 Å². The van der Waals surface area contributed by atoms with E-state index in [1.165, 1.54) is 12.1 Å². The number of rotatable bonds is 3. The zero-order chi connectivity index (χ0) is 12.6. The summed E-state index contributed by atoms with van der Waals surface area (Å²) in [6.45, 7) is 4.03. The van der Waals surface area contributed by atoms with Crippen LogP contribution < -0.4 is 0 Å². The van der Waals surface area contributed by atoms with Crippen LogP contribution in [0.5, 0.6) is 0 Å². The Hall–Kier alpha value is -2.04. The van der Waals surface area contributed by atoms with E-state index in [1.807, 2.05) is 0 Å². The summed E-state index contributed by atoms with van der Waals surface area (Å²) in [6, 6.07) is 6.45. The maximum Gasteiger partial charge on any atom is 0.415 e. The van der Waals surface area contributed by atoms with Crippen molar-refractivity contribution >= 4 is 12.1 Å². The molecule has 1 N–H and O–H groups in total. The third-order valence-electron chi connectivity index (χ3n) is 2.75. The largest absolute Gasteiger partial charge is 0.478 e. The summed E-state index contributed by atoms with van der Waals surface area (Å²) in [5.41, 5.74) is 0.529. The number of cyclic esters (lactones) is 1. The van der Waals surface area contributed by atoms with Crippen molar-refractivity contribution in [3.8, 4) is 0 Å². The van der Waals surface area contributed by atoms with Gasteiger partial charge in [0, 0.05) is 0 Å². The van der Waals surface area contributed by atoms with E-state index in [1.54, 1.807) is 30.9 Å². The molecular weight excluding hydrogens is 222 g/mol. The molecule has 0 radical (unpaired) electrons. The van der Waals surface area contributed by atoms with Gasteiger partial charge >= 0.3 is 12.1 Å². The van der Waals surface area contributed by atoms with Crippen molar-refractivity contribution < 1.29 is 19.4 Å². The normalized spacial score (nSPS) is 17.3. The van der Waals surface area contributed by atoms with Crippen molar-refractivity contribution in [3.63, 3.8) is 0 Å².